The lowest BCUT2D eigenvalue weighted by molar-refractivity contribution is 0.486. The van der Waals surface area contributed by atoms with Gasteiger partial charge in [0.25, 0.3) is 0 Å². The van der Waals surface area contributed by atoms with Gasteiger partial charge in [0.15, 0.2) is 0 Å². The van der Waals surface area contributed by atoms with Crippen molar-refractivity contribution in [1.29, 1.82) is 0 Å². The third-order valence-electron chi connectivity index (χ3n) is 3.85. The van der Waals surface area contributed by atoms with Crippen LogP contribution in [0.2, 0.25) is 0 Å². The molecule has 0 spiro atoms. The summed E-state index contributed by atoms with van der Waals surface area (Å²) in [5, 5.41) is 3.61. The molecular weight excluding hydrogens is 250 g/mol. The van der Waals surface area contributed by atoms with Crippen molar-refractivity contribution in [2.75, 3.05) is 6.54 Å². The predicted octanol–water partition coefficient (Wildman–Crippen LogP) is 3.51. The smallest absolute Gasteiger partial charge is 0.130 e. The zero-order chi connectivity index (χ0) is 14.7. The van der Waals surface area contributed by atoms with Crippen molar-refractivity contribution in [2.45, 2.75) is 53.6 Å². The molecule has 4 heteroatoms. The van der Waals surface area contributed by atoms with E-state index in [0.717, 1.165) is 36.9 Å². The van der Waals surface area contributed by atoms with Crippen LogP contribution in [0.15, 0.2) is 16.8 Å². The van der Waals surface area contributed by atoms with Crippen LogP contribution < -0.4 is 5.32 Å². The van der Waals surface area contributed by atoms with E-state index in [1.165, 1.54) is 11.1 Å². The summed E-state index contributed by atoms with van der Waals surface area (Å²) >= 11 is 0. The molecule has 110 valence electrons. The molecule has 1 unspecified atom stereocenters. The Kier molecular flexibility index (Phi) is 4.65. The Labute approximate surface area is 121 Å². The van der Waals surface area contributed by atoms with E-state index in [2.05, 4.69) is 35.6 Å². The summed E-state index contributed by atoms with van der Waals surface area (Å²) < 4.78 is 7.99. The predicted molar refractivity (Wildman–Crippen MR) is 81.0 cm³/mol. The lowest BCUT2D eigenvalue weighted by Gasteiger charge is -2.20. The second-order valence-corrected chi connectivity index (χ2v) is 5.21. The number of aryl methyl sites for hydroxylation is 3. The summed E-state index contributed by atoms with van der Waals surface area (Å²) in [6, 6.07) is 0.0994. The fourth-order valence-electron chi connectivity index (χ4n) is 2.69. The molecule has 0 aliphatic carbocycles. The zero-order valence-corrected chi connectivity index (χ0v) is 13.2. The monoisotopic (exact) mass is 275 g/mol. The Balaban J connectivity index is 2.47. The minimum absolute atomic E-state index is 0.0994. The molecule has 0 aliphatic rings. The molecule has 2 aromatic rings. The van der Waals surface area contributed by atoms with Crippen molar-refractivity contribution < 1.29 is 4.42 Å². The van der Waals surface area contributed by atoms with Crippen LogP contribution in [-0.2, 0) is 6.54 Å². The Morgan fingerprint density at radius 2 is 2.00 bits per heavy atom. The van der Waals surface area contributed by atoms with Gasteiger partial charge in [0.05, 0.1) is 6.04 Å². The second-order valence-electron chi connectivity index (χ2n) is 5.21. The van der Waals surface area contributed by atoms with Gasteiger partial charge in [-0.1, -0.05) is 6.92 Å². The van der Waals surface area contributed by atoms with Gasteiger partial charge in [-0.05, 0) is 46.2 Å². The van der Waals surface area contributed by atoms with Crippen LogP contribution in [0.1, 0.15) is 54.8 Å². The van der Waals surface area contributed by atoms with E-state index < -0.39 is 0 Å². The lowest BCUT2D eigenvalue weighted by Crippen LogP contribution is -2.27. The number of rotatable bonds is 6. The zero-order valence-electron chi connectivity index (χ0n) is 13.2. The van der Waals surface area contributed by atoms with Crippen molar-refractivity contribution in [2.24, 2.45) is 0 Å². The summed E-state index contributed by atoms with van der Waals surface area (Å²) in [7, 11) is 0. The highest BCUT2D eigenvalue weighted by Gasteiger charge is 2.25. The maximum absolute atomic E-state index is 5.80. The molecule has 0 saturated heterocycles. The molecule has 4 nitrogen and oxygen atoms in total. The SMILES string of the molecule is CCCNC(c1c(C)oc(C)c1C)c1nccn1CC. The molecule has 0 fully saturated rings. The van der Waals surface area contributed by atoms with Crippen LogP contribution in [0, 0.1) is 20.8 Å². The summed E-state index contributed by atoms with van der Waals surface area (Å²) in [5.41, 5.74) is 2.46. The number of hydrogen-bond donors (Lipinski definition) is 1. The van der Waals surface area contributed by atoms with Crippen LogP contribution >= 0.6 is 0 Å². The van der Waals surface area contributed by atoms with Gasteiger partial charge >= 0.3 is 0 Å². The molecule has 20 heavy (non-hydrogen) atoms. The van der Waals surface area contributed by atoms with Gasteiger partial charge in [0, 0.05) is 24.5 Å². The summed E-state index contributed by atoms with van der Waals surface area (Å²) in [5.74, 6) is 3.04. The van der Waals surface area contributed by atoms with Gasteiger partial charge in [0.1, 0.15) is 17.3 Å². The van der Waals surface area contributed by atoms with Crippen molar-refractivity contribution in [3.8, 4) is 0 Å². The second kappa shape index (κ2) is 6.27. The number of nitrogens with zero attached hydrogens (tertiary/aromatic N) is 2. The Morgan fingerprint density at radius 3 is 2.55 bits per heavy atom. The van der Waals surface area contributed by atoms with Crippen LogP contribution in [0.5, 0.6) is 0 Å². The molecule has 2 rings (SSSR count). The quantitative estimate of drug-likeness (QED) is 0.877. The number of furan rings is 1. The average Bonchev–Trinajstić information content (AvgIpc) is 2.99. The van der Waals surface area contributed by atoms with E-state index in [4.69, 9.17) is 4.42 Å². The molecule has 2 heterocycles. The molecule has 1 atom stereocenters. The first-order valence-corrected chi connectivity index (χ1v) is 7.41. The maximum atomic E-state index is 5.80. The van der Waals surface area contributed by atoms with Gasteiger partial charge in [-0.2, -0.15) is 0 Å². The van der Waals surface area contributed by atoms with E-state index in [0.29, 0.717) is 0 Å². The van der Waals surface area contributed by atoms with Gasteiger partial charge < -0.3 is 14.3 Å². The average molecular weight is 275 g/mol. The van der Waals surface area contributed by atoms with E-state index >= 15 is 0 Å². The minimum atomic E-state index is 0.0994. The number of aromatic nitrogens is 2. The van der Waals surface area contributed by atoms with Crippen molar-refractivity contribution in [1.82, 2.24) is 14.9 Å². The van der Waals surface area contributed by atoms with Crippen LogP contribution in [0.4, 0.5) is 0 Å². The molecule has 2 aromatic heterocycles. The topological polar surface area (TPSA) is 43.0 Å². The molecule has 0 radical (unpaired) electrons. The lowest BCUT2D eigenvalue weighted by atomic mass is 10.0. The third-order valence-corrected chi connectivity index (χ3v) is 3.85. The summed E-state index contributed by atoms with van der Waals surface area (Å²) in [6.07, 6.45) is 5.00. The number of imidazole rings is 1. The normalized spacial score (nSPS) is 12.8. The van der Waals surface area contributed by atoms with Crippen molar-refractivity contribution in [3.63, 3.8) is 0 Å². The van der Waals surface area contributed by atoms with Crippen LogP contribution in [0.3, 0.4) is 0 Å². The molecule has 0 aliphatic heterocycles. The van der Waals surface area contributed by atoms with Gasteiger partial charge in [-0.3, -0.25) is 0 Å². The summed E-state index contributed by atoms with van der Waals surface area (Å²) in [6.45, 7) is 12.4. The van der Waals surface area contributed by atoms with Crippen LogP contribution in [0.25, 0.3) is 0 Å². The molecule has 1 N–H and O–H groups in total. The highest BCUT2D eigenvalue weighted by Crippen LogP contribution is 2.30. The fourth-order valence-corrected chi connectivity index (χ4v) is 2.69. The van der Waals surface area contributed by atoms with Gasteiger partial charge in [-0.15, -0.1) is 0 Å². The third kappa shape index (κ3) is 2.66. The van der Waals surface area contributed by atoms with E-state index in [1.807, 2.05) is 26.2 Å². The van der Waals surface area contributed by atoms with Crippen molar-refractivity contribution >= 4 is 0 Å². The van der Waals surface area contributed by atoms with E-state index in [-0.39, 0.29) is 6.04 Å². The number of hydrogen-bond acceptors (Lipinski definition) is 3. The Morgan fingerprint density at radius 1 is 1.25 bits per heavy atom. The van der Waals surface area contributed by atoms with Gasteiger partial charge in [-0.25, -0.2) is 4.98 Å². The highest BCUT2D eigenvalue weighted by molar-refractivity contribution is 5.37. The largest absolute Gasteiger partial charge is 0.466 e. The Hall–Kier alpha value is -1.55. The Bertz CT molecular complexity index is 568. The molecule has 0 aromatic carbocycles. The molecular formula is C16H25N3O. The van der Waals surface area contributed by atoms with E-state index in [9.17, 15) is 0 Å². The standard InChI is InChI=1S/C16H25N3O/c1-6-8-17-15(16-18-9-10-19(16)7-2)14-11(3)12(4)20-13(14)5/h9-10,15,17H,6-8H2,1-5H3. The highest BCUT2D eigenvalue weighted by atomic mass is 16.3. The minimum Gasteiger partial charge on any atom is -0.466 e. The van der Waals surface area contributed by atoms with Crippen molar-refractivity contribution in [3.05, 3.63) is 40.9 Å². The van der Waals surface area contributed by atoms with Crippen LogP contribution in [-0.4, -0.2) is 16.1 Å². The van der Waals surface area contributed by atoms with E-state index in [1.54, 1.807) is 0 Å². The molecule has 0 bridgehead atoms. The van der Waals surface area contributed by atoms with Gasteiger partial charge in [0.2, 0.25) is 0 Å². The molecule has 0 amide bonds. The maximum Gasteiger partial charge on any atom is 0.130 e. The summed E-state index contributed by atoms with van der Waals surface area (Å²) in [4.78, 5) is 4.57. The number of nitrogens with one attached hydrogen (secondary N) is 1. The fraction of sp³-hybridized carbons (Fsp3) is 0.562. The first-order valence-electron chi connectivity index (χ1n) is 7.41. The first kappa shape index (κ1) is 14.9. The first-order chi connectivity index (χ1) is 9.60. The molecule has 0 saturated carbocycles.